The molecule has 18 heavy (non-hydrogen) atoms. The fraction of sp³-hybridized carbons (Fsp3) is 0.846. The van der Waals surface area contributed by atoms with Crippen LogP contribution in [0, 0.1) is 0 Å². The molecule has 0 aromatic heterocycles. The first-order valence-corrected chi connectivity index (χ1v) is 6.58. The summed E-state index contributed by atoms with van der Waals surface area (Å²) in [6, 6.07) is 0. The average Bonchev–Trinajstić information content (AvgIpc) is 2.65. The van der Waals surface area contributed by atoms with Gasteiger partial charge < -0.3 is 15.0 Å². The molecule has 0 spiro atoms. The SMILES string of the molecule is CCC1(C)NC(=O)CN(C2(C)CCOC2C)C1=O. The summed E-state index contributed by atoms with van der Waals surface area (Å²) in [4.78, 5) is 26.2. The van der Waals surface area contributed by atoms with Crippen molar-refractivity contribution in [2.24, 2.45) is 0 Å². The molecule has 2 aliphatic rings. The molecule has 2 amide bonds. The molecule has 2 rings (SSSR count). The molecule has 5 heteroatoms. The monoisotopic (exact) mass is 254 g/mol. The second-order valence-electron chi connectivity index (χ2n) is 5.75. The molecule has 0 aliphatic carbocycles. The van der Waals surface area contributed by atoms with Crippen LogP contribution in [0.1, 0.15) is 40.5 Å². The van der Waals surface area contributed by atoms with Gasteiger partial charge in [0.25, 0.3) is 0 Å². The van der Waals surface area contributed by atoms with Crippen LogP contribution < -0.4 is 5.32 Å². The number of nitrogens with one attached hydrogen (secondary N) is 1. The number of nitrogens with zero attached hydrogens (tertiary/aromatic N) is 1. The largest absolute Gasteiger partial charge is 0.376 e. The lowest BCUT2D eigenvalue weighted by Crippen LogP contribution is -2.70. The molecule has 5 nitrogen and oxygen atoms in total. The molecule has 3 atom stereocenters. The highest BCUT2D eigenvalue weighted by Crippen LogP contribution is 2.35. The van der Waals surface area contributed by atoms with Crippen molar-refractivity contribution in [3.8, 4) is 0 Å². The molecular weight excluding hydrogens is 232 g/mol. The number of hydrogen-bond donors (Lipinski definition) is 1. The highest BCUT2D eigenvalue weighted by Gasteiger charge is 2.51. The quantitative estimate of drug-likeness (QED) is 0.788. The Balaban J connectivity index is 2.32. The van der Waals surface area contributed by atoms with Crippen LogP contribution >= 0.6 is 0 Å². The number of rotatable bonds is 2. The molecule has 2 fully saturated rings. The molecule has 0 bridgehead atoms. The maximum Gasteiger partial charge on any atom is 0.249 e. The Morgan fingerprint density at radius 2 is 2.11 bits per heavy atom. The van der Waals surface area contributed by atoms with Gasteiger partial charge in [0.15, 0.2) is 0 Å². The van der Waals surface area contributed by atoms with E-state index in [2.05, 4.69) is 5.32 Å². The highest BCUT2D eigenvalue weighted by atomic mass is 16.5. The van der Waals surface area contributed by atoms with Gasteiger partial charge >= 0.3 is 0 Å². The average molecular weight is 254 g/mol. The summed E-state index contributed by atoms with van der Waals surface area (Å²) in [6.45, 7) is 8.47. The van der Waals surface area contributed by atoms with Crippen molar-refractivity contribution in [2.75, 3.05) is 13.2 Å². The van der Waals surface area contributed by atoms with E-state index in [4.69, 9.17) is 4.74 Å². The van der Waals surface area contributed by atoms with Crippen molar-refractivity contribution in [3.63, 3.8) is 0 Å². The van der Waals surface area contributed by atoms with E-state index < -0.39 is 5.54 Å². The van der Waals surface area contributed by atoms with Crippen molar-refractivity contribution in [1.29, 1.82) is 0 Å². The fourth-order valence-corrected chi connectivity index (χ4v) is 2.75. The van der Waals surface area contributed by atoms with E-state index in [0.717, 1.165) is 6.42 Å². The third-order valence-electron chi connectivity index (χ3n) is 4.61. The van der Waals surface area contributed by atoms with Crippen LogP contribution in [-0.4, -0.2) is 47.0 Å². The molecule has 0 radical (unpaired) electrons. The first-order chi connectivity index (χ1) is 8.33. The summed E-state index contributed by atoms with van der Waals surface area (Å²) in [7, 11) is 0. The van der Waals surface area contributed by atoms with E-state index in [1.165, 1.54) is 0 Å². The minimum absolute atomic E-state index is 0.00412. The zero-order valence-electron chi connectivity index (χ0n) is 11.6. The van der Waals surface area contributed by atoms with E-state index in [1.54, 1.807) is 11.8 Å². The zero-order chi connectivity index (χ0) is 13.6. The first kappa shape index (κ1) is 13.3. The Bertz CT molecular complexity index is 384. The van der Waals surface area contributed by atoms with Crippen molar-refractivity contribution in [3.05, 3.63) is 0 Å². The lowest BCUT2D eigenvalue weighted by atomic mass is 9.86. The summed E-state index contributed by atoms with van der Waals surface area (Å²) < 4.78 is 5.58. The molecule has 2 aliphatic heterocycles. The molecular formula is C13H22N2O3. The Kier molecular flexibility index (Phi) is 3.13. The summed E-state index contributed by atoms with van der Waals surface area (Å²) in [5, 5.41) is 2.81. The fourth-order valence-electron chi connectivity index (χ4n) is 2.75. The van der Waals surface area contributed by atoms with Gasteiger partial charge in [0.2, 0.25) is 11.8 Å². The van der Waals surface area contributed by atoms with Crippen LogP contribution in [-0.2, 0) is 14.3 Å². The Morgan fingerprint density at radius 3 is 2.61 bits per heavy atom. The van der Waals surface area contributed by atoms with Crippen LogP contribution in [0.15, 0.2) is 0 Å². The minimum atomic E-state index is -0.777. The Hall–Kier alpha value is -1.10. The molecule has 0 aromatic carbocycles. The van der Waals surface area contributed by atoms with Gasteiger partial charge in [-0.3, -0.25) is 9.59 Å². The third kappa shape index (κ3) is 1.81. The molecule has 2 heterocycles. The van der Waals surface area contributed by atoms with Crippen molar-refractivity contribution in [2.45, 2.75) is 57.7 Å². The normalized spacial score (nSPS) is 41.1. The van der Waals surface area contributed by atoms with Gasteiger partial charge in [-0.2, -0.15) is 0 Å². The van der Waals surface area contributed by atoms with Crippen molar-refractivity contribution in [1.82, 2.24) is 10.2 Å². The van der Waals surface area contributed by atoms with Crippen LogP contribution in [0.3, 0.4) is 0 Å². The Morgan fingerprint density at radius 1 is 1.44 bits per heavy atom. The molecule has 0 saturated carbocycles. The topological polar surface area (TPSA) is 58.6 Å². The van der Waals surface area contributed by atoms with Crippen LogP contribution in [0.25, 0.3) is 0 Å². The van der Waals surface area contributed by atoms with E-state index in [9.17, 15) is 9.59 Å². The van der Waals surface area contributed by atoms with Crippen LogP contribution in [0.4, 0.5) is 0 Å². The molecule has 3 unspecified atom stereocenters. The van der Waals surface area contributed by atoms with E-state index in [0.29, 0.717) is 13.0 Å². The van der Waals surface area contributed by atoms with E-state index >= 15 is 0 Å². The minimum Gasteiger partial charge on any atom is -0.376 e. The predicted octanol–water partition coefficient (Wildman–Crippen LogP) is 0.681. The summed E-state index contributed by atoms with van der Waals surface area (Å²) in [5.41, 5.74) is -1.15. The number of carbonyl (C=O) groups is 2. The number of piperazine rings is 1. The zero-order valence-corrected chi connectivity index (χ0v) is 11.6. The van der Waals surface area contributed by atoms with Gasteiger partial charge in [-0.25, -0.2) is 0 Å². The lowest BCUT2D eigenvalue weighted by Gasteiger charge is -2.47. The number of ether oxygens (including phenoxy) is 1. The summed E-state index contributed by atoms with van der Waals surface area (Å²) >= 11 is 0. The van der Waals surface area contributed by atoms with E-state index in [1.807, 2.05) is 20.8 Å². The van der Waals surface area contributed by atoms with E-state index in [-0.39, 0.29) is 30.0 Å². The lowest BCUT2D eigenvalue weighted by molar-refractivity contribution is -0.157. The maximum atomic E-state index is 12.6. The Labute approximate surface area is 108 Å². The molecule has 1 N–H and O–H groups in total. The maximum absolute atomic E-state index is 12.6. The second-order valence-corrected chi connectivity index (χ2v) is 5.75. The third-order valence-corrected chi connectivity index (χ3v) is 4.61. The number of hydrogen-bond acceptors (Lipinski definition) is 3. The summed E-state index contributed by atoms with van der Waals surface area (Å²) in [6.07, 6.45) is 1.35. The smallest absolute Gasteiger partial charge is 0.249 e. The van der Waals surface area contributed by atoms with Gasteiger partial charge in [0.05, 0.1) is 11.6 Å². The van der Waals surface area contributed by atoms with Crippen molar-refractivity contribution < 1.29 is 14.3 Å². The van der Waals surface area contributed by atoms with Crippen LogP contribution in [0.5, 0.6) is 0 Å². The molecule has 0 aromatic rings. The second kappa shape index (κ2) is 4.23. The standard InChI is InChI=1S/C13H22N2O3/c1-5-12(3)11(17)15(8-10(16)14-12)13(4)6-7-18-9(13)2/h9H,5-8H2,1-4H3,(H,14,16). The van der Waals surface area contributed by atoms with Crippen molar-refractivity contribution >= 4 is 11.8 Å². The molecule has 2 saturated heterocycles. The van der Waals surface area contributed by atoms with Gasteiger partial charge in [-0.05, 0) is 33.6 Å². The first-order valence-electron chi connectivity index (χ1n) is 6.58. The highest BCUT2D eigenvalue weighted by molar-refractivity contribution is 5.98. The van der Waals surface area contributed by atoms with Gasteiger partial charge in [-0.1, -0.05) is 6.92 Å². The van der Waals surface area contributed by atoms with Gasteiger partial charge in [0, 0.05) is 6.61 Å². The summed E-state index contributed by atoms with van der Waals surface area (Å²) in [5.74, 6) is -0.0799. The van der Waals surface area contributed by atoms with Gasteiger partial charge in [-0.15, -0.1) is 0 Å². The van der Waals surface area contributed by atoms with Crippen LogP contribution in [0.2, 0.25) is 0 Å². The predicted molar refractivity (Wildman–Crippen MR) is 67.0 cm³/mol. The number of amides is 2. The van der Waals surface area contributed by atoms with Gasteiger partial charge in [0.1, 0.15) is 12.1 Å². The molecule has 102 valence electrons. The number of carbonyl (C=O) groups excluding carboxylic acids is 2.